The van der Waals surface area contributed by atoms with Crippen molar-refractivity contribution >= 4 is 64.4 Å². The van der Waals surface area contributed by atoms with Crippen LogP contribution in [0.3, 0.4) is 0 Å². The van der Waals surface area contributed by atoms with Gasteiger partial charge in [0.05, 0.1) is 33.1 Å². The van der Waals surface area contributed by atoms with E-state index in [2.05, 4.69) is 12.1 Å². The molecule has 12 heteroatoms. The van der Waals surface area contributed by atoms with Gasteiger partial charge in [0.2, 0.25) is 19.7 Å². The fraction of sp³-hybridized carbons (Fsp3) is 0.0417. The Morgan fingerprint density at radius 3 is 1.13 bits per heavy atom. The van der Waals surface area contributed by atoms with Gasteiger partial charge in [0.25, 0.3) is 0 Å². The summed E-state index contributed by atoms with van der Waals surface area (Å²) in [5, 5.41) is 21.8. The molecule has 8 nitrogen and oxygen atoms in total. The first kappa shape index (κ1) is 41.5. The highest BCUT2D eigenvalue weighted by molar-refractivity contribution is 7.92. The molecule has 0 atom stereocenters. The number of hydrogen-bond donors (Lipinski definition) is 0. The number of sulfone groups is 2. The first-order valence-corrected chi connectivity index (χ1v) is 21.9. The second-order valence-corrected chi connectivity index (χ2v) is 18.3. The van der Waals surface area contributed by atoms with E-state index in [1.807, 2.05) is 13.8 Å². The lowest BCUT2D eigenvalue weighted by Crippen LogP contribution is -2.05. The van der Waals surface area contributed by atoms with Crippen LogP contribution in [0.5, 0.6) is 23.0 Å². The first-order valence-electron chi connectivity index (χ1n) is 18.2. The molecule has 0 radical (unpaired) electrons. The van der Waals surface area contributed by atoms with E-state index in [0.29, 0.717) is 54.2 Å². The first-order chi connectivity index (χ1) is 28.8. The maximum absolute atomic E-state index is 13.6. The van der Waals surface area contributed by atoms with E-state index in [0.717, 1.165) is 11.1 Å². The van der Waals surface area contributed by atoms with Crippen LogP contribution in [0.15, 0.2) is 177 Å². The Hall–Kier alpha value is -6.66. The molecule has 0 fully saturated rings. The maximum Gasteiger partial charge on any atom is 0.210 e. The molecule has 0 aromatic heterocycles. The fourth-order valence-corrected chi connectivity index (χ4v) is 9.76. The monoisotopic (exact) mass is 866 g/mol. The second kappa shape index (κ2) is 17.3. The van der Waals surface area contributed by atoms with Gasteiger partial charge >= 0.3 is 0 Å². The summed E-state index contributed by atoms with van der Waals surface area (Å²) in [6.45, 7) is 3.79. The van der Waals surface area contributed by atoms with E-state index in [1.165, 1.54) is 0 Å². The van der Waals surface area contributed by atoms with Crippen molar-refractivity contribution in [1.82, 2.24) is 0 Å². The van der Waals surface area contributed by atoms with Crippen LogP contribution in [-0.4, -0.2) is 16.8 Å². The zero-order valence-electron chi connectivity index (χ0n) is 31.9. The zero-order valence-corrected chi connectivity index (χ0v) is 35.1. The molecule has 296 valence electrons. The molecule has 0 amide bonds. The molecule has 0 aliphatic carbocycles. The van der Waals surface area contributed by atoms with E-state index in [4.69, 9.17) is 32.7 Å². The predicted octanol–water partition coefficient (Wildman–Crippen LogP) is 12.6. The van der Waals surface area contributed by atoms with Crippen LogP contribution >= 0.6 is 23.2 Å². The molecule has 0 spiro atoms. The number of hydrogen-bond acceptors (Lipinski definition) is 8. The molecule has 60 heavy (non-hydrogen) atoms. The van der Waals surface area contributed by atoms with Crippen molar-refractivity contribution in [2.24, 2.45) is 0 Å². The van der Waals surface area contributed by atoms with Crippen molar-refractivity contribution in [2.45, 2.75) is 33.4 Å². The number of benzene rings is 8. The molecule has 0 unspecified atom stereocenters. The Morgan fingerprint density at radius 2 is 0.800 bits per heavy atom. The maximum atomic E-state index is 13.6. The van der Waals surface area contributed by atoms with Gasteiger partial charge in [-0.15, -0.1) is 0 Å². The van der Waals surface area contributed by atoms with E-state index in [1.54, 1.807) is 158 Å². The quantitative estimate of drug-likeness (QED) is 0.147. The molecule has 0 N–H and O–H groups in total. The Bertz CT molecular complexity index is 3000. The van der Waals surface area contributed by atoms with Crippen LogP contribution in [0.1, 0.15) is 22.3 Å². The van der Waals surface area contributed by atoms with Gasteiger partial charge in [-0.05, 0) is 134 Å². The van der Waals surface area contributed by atoms with Crippen LogP contribution in [-0.2, 0) is 19.7 Å². The number of rotatable bonds is 8. The lowest BCUT2D eigenvalue weighted by Gasteiger charge is -2.15. The molecule has 0 heterocycles. The summed E-state index contributed by atoms with van der Waals surface area (Å²) in [7, 11) is -7.79. The number of nitrogens with zero attached hydrogens (tertiary/aromatic N) is 2. The van der Waals surface area contributed by atoms with Gasteiger partial charge in [-0.25, -0.2) is 16.8 Å². The van der Waals surface area contributed by atoms with Crippen LogP contribution in [0.4, 0.5) is 0 Å². The average molecular weight is 868 g/mol. The minimum Gasteiger partial charge on any atom is -0.456 e. The van der Waals surface area contributed by atoms with Gasteiger partial charge in [0.1, 0.15) is 32.8 Å². The predicted molar refractivity (Wildman–Crippen MR) is 234 cm³/mol. The minimum absolute atomic E-state index is 0.0586. The number of ether oxygens (including phenoxy) is 2. The van der Waals surface area contributed by atoms with Gasteiger partial charge in [-0.2, -0.15) is 10.5 Å². The summed E-state index contributed by atoms with van der Waals surface area (Å²) in [6, 6.07) is 47.4. The lowest BCUT2D eigenvalue weighted by molar-refractivity contribution is 0.468. The van der Waals surface area contributed by atoms with Gasteiger partial charge < -0.3 is 9.47 Å². The molecular formula is C48H32Cl2N2O6S2. The third-order valence-electron chi connectivity index (χ3n) is 9.41. The standard InChI is InChI=1S/2C24H16ClNO3S/c2*1-16-2-10-21(11-3-16)30(27,28)24-22-12-4-17(15-26)14-18(22)5-13-23(24)29-20-8-6-19(25)7-9-20/h2*2-14H,1H3. The summed E-state index contributed by atoms with van der Waals surface area (Å²) in [5.41, 5.74) is 2.83. The van der Waals surface area contributed by atoms with E-state index in [-0.39, 0.29) is 31.1 Å². The number of aryl methyl sites for hydroxylation is 2. The van der Waals surface area contributed by atoms with Crippen LogP contribution in [0.2, 0.25) is 10.0 Å². The highest BCUT2D eigenvalue weighted by Gasteiger charge is 2.27. The molecule has 8 rings (SSSR count). The lowest BCUT2D eigenvalue weighted by atomic mass is 10.1. The molecule has 8 aromatic rings. The van der Waals surface area contributed by atoms with Crippen molar-refractivity contribution in [3.63, 3.8) is 0 Å². The highest BCUT2D eigenvalue weighted by atomic mass is 35.5. The Labute approximate surface area is 357 Å². The molecule has 0 aliphatic rings. The number of halogens is 2. The molecule has 0 saturated heterocycles. The largest absolute Gasteiger partial charge is 0.456 e. The Morgan fingerprint density at radius 1 is 0.450 bits per heavy atom. The normalized spacial score (nSPS) is 11.2. The molecule has 8 aromatic carbocycles. The molecule has 0 saturated carbocycles. The Kier molecular flexibility index (Phi) is 12.0. The van der Waals surface area contributed by atoms with Crippen LogP contribution < -0.4 is 9.47 Å². The van der Waals surface area contributed by atoms with E-state index in [9.17, 15) is 27.4 Å². The number of nitriles is 2. The van der Waals surface area contributed by atoms with Gasteiger partial charge in [-0.1, -0.05) is 82.9 Å². The Balaban J connectivity index is 0.000000181. The van der Waals surface area contributed by atoms with E-state index >= 15 is 0 Å². The van der Waals surface area contributed by atoms with Crippen molar-refractivity contribution in [2.75, 3.05) is 0 Å². The SMILES string of the molecule is Cc1ccc(S(=O)(=O)c2c(Oc3ccc(Cl)cc3)ccc3cc(C#N)ccc23)cc1.Cc1ccc(S(=O)(=O)c2c(Oc3ccc(Cl)cc3)ccc3cc(C#N)ccc23)cc1. The molecular weight excluding hydrogens is 836 g/mol. The van der Waals surface area contributed by atoms with Gasteiger partial charge in [0, 0.05) is 20.8 Å². The summed E-state index contributed by atoms with van der Waals surface area (Å²) in [6.07, 6.45) is 0. The second-order valence-electron chi connectivity index (χ2n) is 13.6. The fourth-order valence-electron chi connectivity index (χ4n) is 6.35. The van der Waals surface area contributed by atoms with Gasteiger partial charge in [0.15, 0.2) is 0 Å². The average Bonchev–Trinajstić information content (AvgIpc) is 3.25. The van der Waals surface area contributed by atoms with Crippen molar-refractivity contribution in [3.8, 4) is 35.1 Å². The van der Waals surface area contributed by atoms with Crippen LogP contribution in [0, 0.1) is 36.5 Å². The van der Waals surface area contributed by atoms with E-state index < -0.39 is 19.7 Å². The third kappa shape index (κ3) is 8.84. The zero-order chi connectivity index (χ0) is 42.6. The number of fused-ring (bicyclic) bond motifs is 2. The van der Waals surface area contributed by atoms with Crippen molar-refractivity contribution in [3.05, 3.63) is 190 Å². The summed E-state index contributed by atoms with van der Waals surface area (Å²) >= 11 is 11.9. The summed E-state index contributed by atoms with van der Waals surface area (Å²) < 4.78 is 66.4. The van der Waals surface area contributed by atoms with Gasteiger partial charge in [-0.3, -0.25) is 0 Å². The van der Waals surface area contributed by atoms with Crippen molar-refractivity contribution in [1.29, 1.82) is 10.5 Å². The summed E-state index contributed by atoms with van der Waals surface area (Å²) in [5.74, 6) is 1.34. The van der Waals surface area contributed by atoms with Crippen molar-refractivity contribution < 1.29 is 26.3 Å². The minimum atomic E-state index is -3.89. The molecule has 0 aliphatic heterocycles. The van der Waals surface area contributed by atoms with Crippen LogP contribution in [0.25, 0.3) is 21.5 Å². The molecule has 0 bridgehead atoms. The third-order valence-corrected chi connectivity index (χ3v) is 13.6. The highest BCUT2D eigenvalue weighted by Crippen LogP contribution is 2.40. The topological polar surface area (TPSA) is 134 Å². The summed E-state index contributed by atoms with van der Waals surface area (Å²) in [4.78, 5) is 0.461. The smallest absolute Gasteiger partial charge is 0.210 e.